The lowest BCUT2D eigenvalue weighted by molar-refractivity contribution is 0.150. The van der Waals surface area contributed by atoms with Crippen molar-refractivity contribution in [3.05, 3.63) is 63.6 Å². The summed E-state index contributed by atoms with van der Waals surface area (Å²) >= 11 is 0. The van der Waals surface area contributed by atoms with Gasteiger partial charge in [0.25, 0.3) is 6.43 Å². The number of benzene rings is 1. The van der Waals surface area contributed by atoms with Crippen molar-refractivity contribution in [1.29, 1.82) is 0 Å². The molecule has 0 amide bonds. The number of rotatable bonds is 5. The molecule has 4 rings (SSSR count). The number of hydrogen-bond acceptors (Lipinski definition) is 4. The van der Waals surface area contributed by atoms with Crippen molar-refractivity contribution in [2.24, 2.45) is 0 Å². The Hall–Kier alpha value is -2.76. The maximum absolute atomic E-state index is 13.4. The van der Waals surface area contributed by atoms with Crippen molar-refractivity contribution in [2.75, 3.05) is 5.32 Å². The molecular formula is C24H28F2N4. The van der Waals surface area contributed by atoms with Crippen LogP contribution in [0.3, 0.4) is 0 Å². The average Bonchev–Trinajstić information content (AvgIpc) is 3.43. The van der Waals surface area contributed by atoms with Gasteiger partial charge in [0, 0.05) is 23.0 Å². The number of aryl methyl sites for hydroxylation is 1. The van der Waals surface area contributed by atoms with E-state index in [0.717, 1.165) is 40.2 Å². The van der Waals surface area contributed by atoms with E-state index >= 15 is 0 Å². The monoisotopic (exact) mass is 410 g/mol. The Morgan fingerprint density at radius 1 is 1.13 bits per heavy atom. The van der Waals surface area contributed by atoms with Crippen molar-refractivity contribution in [2.45, 2.75) is 65.5 Å². The molecule has 2 heterocycles. The molecule has 4 nitrogen and oxygen atoms in total. The Morgan fingerprint density at radius 2 is 1.80 bits per heavy atom. The Morgan fingerprint density at radius 3 is 2.43 bits per heavy atom. The summed E-state index contributed by atoms with van der Waals surface area (Å²) in [5.41, 5.74) is 3.62. The van der Waals surface area contributed by atoms with E-state index in [1.54, 1.807) is 13.0 Å². The summed E-state index contributed by atoms with van der Waals surface area (Å²) in [6.45, 7) is 14.2. The minimum absolute atomic E-state index is 0.0712. The number of fused-ring (bicyclic) bond motifs is 1. The summed E-state index contributed by atoms with van der Waals surface area (Å²) < 4.78 is 26.7. The number of halogens is 2. The summed E-state index contributed by atoms with van der Waals surface area (Å²) in [6, 6.07) is 4.87. The maximum atomic E-state index is 13.4. The molecule has 0 radical (unpaired) electrons. The van der Waals surface area contributed by atoms with Crippen LogP contribution >= 0.6 is 0 Å². The minimum Gasteiger partial charge on any atom is -0.363 e. The standard InChI is InChI=1S/C24H28F2N4/c1-13-16(4)30(24(6)10-11-24)12-20-21(13)28-17(5)29-23(20)27-15(3)18-8-7-9-19(14(18)2)22(25)26/h7-9,12,15,22H,4,10-11H2,1-3,5-6H3,(H,27,28,29). The van der Waals surface area contributed by atoms with Gasteiger partial charge in [0.15, 0.2) is 0 Å². The summed E-state index contributed by atoms with van der Waals surface area (Å²) in [4.78, 5) is 11.6. The first-order valence-corrected chi connectivity index (χ1v) is 10.3. The molecule has 1 aliphatic heterocycles. The number of aromatic nitrogens is 2. The van der Waals surface area contributed by atoms with Gasteiger partial charge < -0.3 is 10.2 Å². The zero-order valence-corrected chi connectivity index (χ0v) is 18.2. The van der Waals surface area contributed by atoms with Crippen molar-refractivity contribution >= 4 is 17.6 Å². The second kappa shape index (κ2) is 7.18. The molecule has 0 bridgehead atoms. The highest BCUT2D eigenvalue weighted by atomic mass is 19.3. The van der Waals surface area contributed by atoms with Gasteiger partial charge in [0.05, 0.1) is 16.6 Å². The van der Waals surface area contributed by atoms with Crippen LogP contribution in [0, 0.1) is 13.8 Å². The van der Waals surface area contributed by atoms with Crippen molar-refractivity contribution in [3.8, 4) is 0 Å². The topological polar surface area (TPSA) is 41.1 Å². The van der Waals surface area contributed by atoms with Gasteiger partial charge in [-0.05, 0) is 64.2 Å². The van der Waals surface area contributed by atoms with Crippen molar-refractivity contribution in [3.63, 3.8) is 0 Å². The van der Waals surface area contributed by atoms with Gasteiger partial charge in [0.1, 0.15) is 11.6 Å². The van der Waals surface area contributed by atoms with Crippen molar-refractivity contribution in [1.82, 2.24) is 14.9 Å². The van der Waals surface area contributed by atoms with E-state index in [1.807, 2.05) is 26.8 Å². The molecule has 1 aliphatic carbocycles. The van der Waals surface area contributed by atoms with E-state index in [1.165, 1.54) is 6.07 Å². The maximum Gasteiger partial charge on any atom is 0.264 e. The number of nitrogens with zero attached hydrogens (tertiary/aromatic N) is 3. The lowest BCUT2D eigenvalue weighted by Gasteiger charge is -2.33. The third kappa shape index (κ3) is 3.38. The van der Waals surface area contributed by atoms with E-state index in [9.17, 15) is 8.78 Å². The molecule has 0 spiro atoms. The lowest BCUT2D eigenvalue weighted by atomic mass is 9.97. The van der Waals surface area contributed by atoms with Crippen LogP contribution in [0.25, 0.3) is 11.8 Å². The molecule has 1 saturated carbocycles. The first kappa shape index (κ1) is 20.5. The highest BCUT2D eigenvalue weighted by Gasteiger charge is 2.44. The Kier molecular flexibility index (Phi) is 4.91. The molecule has 2 aromatic rings. The van der Waals surface area contributed by atoms with Crippen LogP contribution in [0.1, 0.15) is 68.6 Å². The quantitative estimate of drug-likeness (QED) is 0.788. The van der Waals surface area contributed by atoms with Crippen LogP contribution in [0.4, 0.5) is 14.6 Å². The number of hydrogen-bond donors (Lipinski definition) is 1. The van der Waals surface area contributed by atoms with Gasteiger partial charge in [-0.3, -0.25) is 0 Å². The van der Waals surface area contributed by atoms with E-state index in [0.29, 0.717) is 17.2 Å². The minimum atomic E-state index is -2.49. The Balaban J connectivity index is 1.80. The highest BCUT2D eigenvalue weighted by molar-refractivity contribution is 5.67. The molecule has 1 aromatic carbocycles. The fourth-order valence-electron chi connectivity index (χ4n) is 4.19. The molecule has 6 heteroatoms. The molecule has 1 aromatic heterocycles. The van der Waals surface area contributed by atoms with Gasteiger partial charge in [-0.1, -0.05) is 24.8 Å². The predicted octanol–water partition coefficient (Wildman–Crippen LogP) is 4.49. The first-order chi connectivity index (χ1) is 14.1. The van der Waals surface area contributed by atoms with Crippen LogP contribution in [-0.2, 0) is 0 Å². The Bertz CT molecular complexity index is 1150. The third-order valence-corrected chi connectivity index (χ3v) is 6.42. The largest absolute Gasteiger partial charge is 0.363 e. The molecule has 1 unspecified atom stereocenters. The van der Waals surface area contributed by atoms with Gasteiger partial charge in [-0.2, -0.15) is 0 Å². The summed E-state index contributed by atoms with van der Waals surface area (Å²) in [7, 11) is 0. The lowest BCUT2D eigenvalue weighted by Crippen LogP contribution is -2.44. The van der Waals surface area contributed by atoms with E-state index < -0.39 is 6.43 Å². The predicted molar refractivity (Wildman–Crippen MR) is 116 cm³/mol. The number of anilines is 1. The van der Waals surface area contributed by atoms with E-state index in [4.69, 9.17) is 0 Å². The van der Waals surface area contributed by atoms with Gasteiger partial charge in [-0.15, -0.1) is 0 Å². The summed E-state index contributed by atoms with van der Waals surface area (Å²) in [6.07, 6.45) is 1.85. The van der Waals surface area contributed by atoms with Gasteiger partial charge in [0.2, 0.25) is 0 Å². The molecule has 2 aliphatic rings. The molecule has 30 heavy (non-hydrogen) atoms. The zero-order valence-electron chi connectivity index (χ0n) is 18.2. The van der Waals surface area contributed by atoms with Crippen LogP contribution in [0.15, 0.2) is 30.5 Å². The summed E-state index contributed by atoms with van der Waals surface area (Å²) in [5, 5.41) is 5.26. The van der Waals surface area contributed by atoms with Crippen LogP contribution in [-0.4, -0.2) is 20.4 Å². The fraction of sp³-hybridized carbons (Fsp3) is 0.417. The molecule has 1 atom stereocenters. The molecule has 0 saturated heterocycles. The van der Waals surface area contributed by atoms with E-state index in [2.05, 4.69) is 39.9 Å². The molecule has 158 valence electrons. The SMILES string of the molecule is C=C1C(C)=c2nc(C)nc(NC(C)c3cccc(C(F)F)c3C)c2=CN1C1(C)CC1. The fourth-order valence-corrected chi connectivity index (χ4v) is 4.19. The highest BCUT2D eigenvalue weighted by Crippen LogP contribution is 2.44. The third-order valence-electron chi connectivity index (χ3n) is 6.42. The number of alkyl halides is 2. The zero-order chi connectivity index (χ0) is 21.8. The van der Waals surface area contributed by atoms with Crippen molar-refractivity contribution < 1.29 is 8.78 Å². The van der Waals surface area contributed by atoms with Crippen LogP contribution in [0.5, 0.6) is 0 Å². The molecule has 1 fully saturated rings. The second-order valence-electron chi connectivity index (χ2n) is 8.68. The Labute approximate surface area is 176 Å². The van der Waals surface area contributed by atoms with Gasteiger partial charge in [-0.25, -0.2) is 18.7 Å². The number of nitrogens with one attached hydrogen (secondary N) is 1. The average molecular weight is 411 g/mol. The number of allylic oxidation sites excluding steroid dienone is 1. The second-order valence-corrected chi connectivity index (χ2v) is 8.68. The summed E-state index contributed by atoms with van der Waals surface area (Å²) in [5.74, 6) is 1.38. The van der Waals surface area contributed by atoms with Crippen LogP contribution < -0.4 is 15.9 Å². The van der Waals surface area contributed by atoms with Crippen LogP contribution in [0.2, 0.25) is 0 Å². The smallest absolute Gasteiger partial charge is 0.264 e. The normalized spacial score (nSPS) is 18.2. The van der Waals surface area contributed by atoms with Gasteiger partial charge >= 0.3 is 0 Å². The first-order valence-electron chi connectivity index (χ1n) is 10.3. The molecular weight excluding hydrogens is 382 g/mol. The molecule has 1 N–H and O–H groups in total. The van der Waals surface area contributed by atoms with E-state index in [-0.39, 0.29) is 17.1 Å².